The number of aryl methyl sites for hydroxylation is 1. The highest BCUT2D eigenvalue weighted by Gasteiger charge is 2.11. The van der Waals surface area contributed by atoms with Gasteiger partial charge in [-0.3, -0.25) is 10.1 Å². The Morgan fingerprint density at radius 3 is 2.15 bits per heavy atom. The topological polar surface area (TPSA) is 55.2 Å². The molecule has 0 aliphatic carbocycles. The van der Waals surface area contributed by atoms with Crippen LogP contribution in [0.4, 0.5) is 5.69 Å². The number of nitrogens with one attached hydrogen (secondary N) is 1. The van der Waals surface area contributed by atoms with Crippen LogP contribution in [0.1, 0.15) is 23.6 Å². The molecule has 4 heteroatoms. The highest BCUT2D eigenvalue weighted by Crippen LogP contribution is 2.17. The fourth-order valence-corrected chi connectivity index (χ4v) is 2.25. The molecule has 0 amide bonds. The number of nitro groups is 1. The summed E-state index contributed by atoms with van der Waals surface area (Å²) in [6.07, 6.45) is 0.989. The van der Waals surface area contributed by atoms with Crippen molar-refractivity contribution in [2.75, 3.05) is 0 Å². The maximum absolute atomic E-state index is 10.9. The predicted octanol–water partition coefficient (Wildman–Crippen LogP) is 3.45. The molecule has 2 aromatic carbocycles. The van der Waals surface area contributed by atoms with E-state index in [1.807, 2.05) is 18.2 Å². The van der Waals surface area contributed by atoms with Crippen molar-refractivity contribution in [3.63, 3.8) is 0 Å². The lowest BCUT2D eigenvalue weighted by Crippen LogP contribution is -2.14. The second-order valence-corrected chi connectivity index (χ2v) is 4.61. The fraction of sp³-hybridized carbons (Fsp3) is 0.250. The van der Waals surface area contributed by atoms with Crippen LogP contribution in [0.2, 0.25) is 0 Å². The van der Waals surface area contributed by atoms with E-state index in [0.29, 0.717) is 12.1 Å². The third kappa shape index (κ3) is 3.42. The average Bonchev–Trinajstić information content (AvgIpc) is 2.48. The number of rotatable bonds is 6. The molecule has 0 aliphatic rings. The Morgan fingerprint density at radius 1 is 0.950 bits per heavy atom. The first-order valence-electron chi connectivity index (χ1n) is 6.72. The highest BCUT2D eigenvalue weighted by molar-refractivity contribution is 5.39. The van der Waals surface area contributed by atoms with Crippen molar-refractivity contribution in [2.45, 2.75) is 26.4 Å². The van der Waals surface area contributed by atoms with Gasteiger partial charge in [-0.15, -0.1) is 0 Å². The summed E-state index contributed by atoms with van der Waals surface area (Å²) in [6, 6.07) is 15.1. The van der Waals surface area contributed by atoms with Gasteiger partial charge in [-0.25, -0.2) is 0 Å². The van der Waals surface area contributed by atoms with Crippen molar-refractivity contribution >= 4 is 5.69 Å². The second kappa shape index (κ2) is 6.82. The zero-order valence-electron chi connectivity index (χ0n) is 11.5. The Hall–Kier alpha value is -2.20. The van der Waals surface area contributed by atoms with Crippen LogP contribution in [0.15, 0.2) is 48.5 Å². The Labute approximate surface area is 118 Å². The van der Waals surface area contributed by atoms with Crippen molar-refractivity contribution in [1.82, 2.24) is 5.32 Å². The second-order valence-electron chi connectivity index (χ2n) is 4.61. The van der Waals surface area contributed by atoms with E-state index in [4.69, 9.17) is 0 Å². The SMILES string of the molecule is CCc1ccccc1CNCc1ccccc1[N+](=O)[O-]. The van der Waals surface area contributed by atoms with Gasteiger partial charge in [0.2, 0.25) is 0 Å². The minimum absolute atomic E-state index is 0.170. The van der Waals surface area contributed by atoms with Crippen LogP contribution in [0.3, 0.4) is 0 Å². The molecule has 0 bridgehead atoms. The first kappa shape index (κ1) is 14.2. The van der Waals surface area contributed by atoms with Crippen LogP contribution < -0.4 is 5.32 Å². The Kier molecular flexibility index (Phi) is 4.85. The van der Waals surface area contributed by atoms with E-state index in [9.17, 15) is 10.1 Å². The number of benzene rings is 2. The normalized spacial score (nSPS) is 10.4. The summed E-state index contributed by atoms with van der Waals surface area (Å²) in [6.45, 7) is 3.34. The van der Waals surface area contributed by atoms with Crippen LogP contribution in [-0.4, -0.2) is 4.92 Å². The first-order chi connectivity index (χ1) is 9.72. The van der Waals surface area contributed by atoms with Crippen LogP contribution in [0.5, 0.6) is 0 Å². The zero-order valence-corrected chi connectivity index (χ0v) is 11.5. The van der Waals surface area contributed by atoms with E-state index in [2.05, 4.69) is 24.4 Å². The van der Waals surface area contributed by atoms with Crippen LogP contribution >= 0.6 is 0 Å². The molecule has 0 unspecified atom stereocenters. The van der Waals surface area contributed by atoms with Crippen molar-refractivity contribution in [1.29, 1.82) is 0 Å². The van der Waals surface area contributed by atoms with Gasteiger partial charge in [0.25, 0.3) is 5.69 Å². The lowest BCUT2D eigenvalue weighted by Gasteiger charge is -2.09. The molecule has 2 rings (SSSR count). The predicted molar refractivity (Wildman–Crippen MR) is 79.5 cm³/mol. The smallest absolute Gasteiger partial charge is 0.273 e. The summed E-state index contributed by atoms with van der Waals surface area (Å²) in [4.78, 5) is 10.6. The molecular weight excluding hydrogens is 252 g/mol. The van der Waals surface area contributed by atoms with Gasteiger partial charge in [0.15, 0.2) is 0 Å². The quantitative estimate of drug-likeness (QED) is 0.646. The van der Waals surface area contributed by atoms with Gasteiger partial charge in [-0.1, -0.05) is 49.4 Å². The first-order valence-corrected chi connectivity index (χ1v) is 6.72. The molecule has 0 saturated carbocycles. The standard InChI is InChI=1S/C16H18N2O2/c1-2-13-7-3-4-8-14(13)11-17-12-15-9-5-6-10-16(15)18(19)20/h3-10,17H,2,11-12H2,1H3. The summed E-state index contributed by atoms with van der Waals surface area (Å²) in [5.74, 6) is 0. The van der Waals surface area contributed by atoms with Crippen molar-refractivity contribution in [2.24, 2.45) is 0 Å². The summed E-state index contributed by atoms with van der Waals surface area (Å²) >= 11 is 0. The molecule has 0 heterocycles. The van der Waals surface area contributed by atoms with E-state index in [-0.39, 0.29) is 10.6 Å². The van der Waals surface area contributed by atoms with E-state index >= 15 is 0 Å². The van der Waals surface area contributed by atoms with Crippen molar-refractivity contribution in [3.05, 3.63) is 75.3 Å². The van der Waals surface area contributed by atoms with Gasteiger partial charge < -0.3 is 5.32 Å². The highest BCUT2D eigenvalue weighted by atomic mass is 16.6. The monoisotopic (exact) mass is 270 g/mol. The van der Waals surface area contributed by atoms with Gasteiger partial charge >= 0.3 is 0 Å². The lowest BCUT2D eigenvalue weighted by atomic mass is 10.1. The van der Waals surface area contributed by atoms with Gasteiger partial charge in [-0.05, 0) is 17.5 Å². The van der Waals surface area contributed by atoms with Gasteiger partial charge in [0.05, 0.1) is 4.92 Å². The third-order valence-electron chi connectivity index (χ3n) is 3.32. The number of hydrogen-bond donors (Lipinski definition) is 1. The molecule has 4 nitrogen and oxygen atoms in total. The van der Waals surface area contributed by atoms with Crippen LogP contribution in [0, 0.1) is 10.1 Å². The van der Waals surface area contributed by atoms with Gasteiger partial charge in [0.1, 0.15) is 0 Å². The molecule has 0 saturated heterocycles. The molecule has 0 aliphatic heterocycles. The van der Waals surface area contributed by atoms with E-state index in [0.717, 1.165) is 13.0 Å². The average molecular weight is 270 g/mol. The van der Waals surface area contributed by atoms with Crippen LogP contribution in [0.25, 0.3) is 0 Å². The molecule has 0 fully saturated rings. The summed E-state index contributed by atoms with van der Waals surface area (Å²) in [5.41, 5.74) is 3.44. The molecule has 0 radical (unpaired) electrons. The number of para-hydroxylation sites is 1. The molecule has 0 atom stereocenters. The number of hydrogen-bond acceptors (Lipinski definition) is 3. The molecule has 0 aromatic heterocycles. The van der Waals surface area contributed by atoms with E-state index < -0.39 is 0 Å². The fourth-order valence-electron chi connectivity index (χ4n) is 2.25. The van der Waals surface area contributed by atoms with Gasteiger partial charge in [0, 0.05) is 24.7 Å². The summed E-state index contributed by atoms with van der Waals surface area (Å²) in [7, 11) is 0. The molecule has 104 valence electrons. The zero-order chi connectivity index (χ0) is 14.4. The molecule has 0 spiro atoms. The maximum atomic E-state index is 10.9. The van der Waals surface area contributed by atoms with Crippen molar-refractivity contribution in [3.8, 4) is 0 Å². The van der Waals surface area contributed by atoms with E-state index in [1.54, 1.807) is 12.1 Å². The number of nitrogens with zero attached hydrogens (tertiary/aromatic N) is 1. The Morgan fingerprint density at radius 2 is 1.50 bits per heavy atom. The summed E-state index contributed by atoms with van der Waals surface area (Å²) < 4.78 is 0. The Balaban J connectivity index is 2.01. The minimum atomic E-state index is -0.336. The third-order valence-corrected chi connectivity index (χ3v) is 3.32. The van der Waals surface area contributed by atoms with Crippen LogP contribution in [-0.2, 0) is 19.5 Å². The lowest BCUT2D eigenvalue weighted by molar-refractivity contribution is -0.385. The molecule has 2 aromatic rings. The Bertz CT molecular complexity index is 597. The molecule has 20 heavy (non-hydrogen) atoms. The maximum Gasteiger partial charge on any atom is 0.273 e. The number of nitro benzene ring substituents is 1. The molecule has 1 N–H and O–H groups in total. The minimum Gasteiger partial charge on any atom is -0.308 e. The van der Waals surface area contributed by atoms with E-state index in [1.165, 1.54) is 17.2 Å². The summed E-state index contributed by atoms with van der Waals surface area (Å²) in [5, 5.41) is 14.2. The van der Waals surface area contributed by atoms with Crippen molar-refractivity contribution < 1.29 is 4.92 Å². The largest absolute Gasteiger partial charge is 0.308 e. The van der Waals surface area contributed by atoms with Gasteiger partial charge in [-0.2, -0.15) is 0 Å². The molecular formula is C16H18N2O2.